The number of amides is 1. The van der Waals surface area contributed by atoms with Crippen molar-refractivity contribution in [3.8, 4) is 5.75 Å². The Balaban J connectivity index is 2.28. The van der Waals surface area contributed by atoms with Gasteiger partial charge in [0, 0.05) is 18.7 Å². The van der Waals surface area contributed by atoms with E-state index in [9.17, 15) is 14.9 Å². The molecule has 104 valence electrons. The molecular formula is C12H17N3O4. The van der Waals surface area contributed by atoms with Gasteiger partial charge in [-0.3, -0.25) is 14.9 Å². The Labute approximate surface area is 111 Å². The SMILES string of the molecule is CNCCCNC(=O)COc1ccc([N+](=O)[O-])cc1. The van der Waals surface area contributed by atoms with Gasteiger partial charge in [0.15, 0.2) is 6.61 Å². The summed E-state index contributed by atoms with van der Waals surface area (Å²) in [6, 6.07) is 5.60. The first-order valence-corrected chi connectivity index (χ1v) is 5.92. The third-order valence-corrected chi connectivity index (χ3v) is 2.34. The fourth-order valence-electron chi connectivity index (χ4n) is 1.36. The smallest absolute Gasteiger partial charge is 0.269 e. The van der Waals surface area contributed by atoms with Gasteiger partial charge in [-0.05, 0) is 32.1 Å². The molecule has 0 heterocycles. The summed E-state index contributed by atoms with van der Waals surface area (Å²) in [5.74, 6) is 0.213. The van der Waals surface area contributed by atoms with E-state index in [0.29, 0.717) is 12.3 Å². The number of non-ortho nitro benzene ring substituents is 1. The Bertz CT molecular complexity index is 419. The fraction of sp³-hybridized carbons (Fsp3) is 0.417. The first-order valence-electron chi connectivity index (χ1n) is 5.92. The van der Waals surface area contributed by atoms with Crippen molar-refractivity contribution < 1.29 is 14.5 Å². The van der Waals surface area contributed by atoms with Crippen molar-refractivity contribution in [3.63, 3.8) is 0 Å². The summed E-state index contributed by atoms with van der Waals surface area (Å²) >= 11 is 0. The summed E-state index contributed by atoms with van der Waals surface area (Å²) in [6.45, 7) is 1.32. The summed E-state index contributed by atoms with van der Waals surface area (Å²) in [5.41, 5.74) is -0.0103. The van der Waals surface area contributed by atoms with Crippen molar-refractivity contribution in [1.29, 1.82) is 0 Å². The highest BCUT2D eigenvalue weighted by atomic mass is 16.6. The molecule has 0 saturated carbocycles. The molecule has 1 amide bonds. The highest BCUT2D eigenvalue weighted by molar-refractivity contribution is 5.77. The summed E-state index contributed by atoms with van der Waals surface area (Å²) in [7, 11) is 1.85. The molecule has 0 fully saturated rings. The first kappa shape index (κ1) is 14.9. The number of nitro groups is 1. The van der Waals surface area contributed by atoms with Crippen LogP contribution >= 0.6 is 0 Å². The number of rotatable bonds is 8. The van der Waals surface area contributed by atoms with Crippen LogP contribution in [0.25, 0.3) is 0 Å². The molecule has 7 heteroatoms. The second-order valence-electron chi connectivity index (χ2n) is 3.85. The Morgan fingerprint density at radius 2 is 2.00 bits per heavy atom. The van der Waals surface area contributed by atoms with Gasteiger partial charge in [0.25, 0.3) is 11.6 Å². The second kappa shape index (κ2) is 8.04. The van der Waals surface area contributed by atoms with Gasteiger partial charge in [-0.15, -0.1) is 0 Å². The van der Waals surface area contributed by atoms with Gasteiger partial charge in [0.2, 0.25) is 0 Å². The zero-order valence-corrected chi connectivity index (χ0v) is 10.7. The Morgan fingerprint density at radius 3 is 2.58 bits per heavy atom. The molecular weight excluding hydrogens is 250 g/mol. The van der Waals surface area contributed by atoms with Crippen LogP contribution in [-0.2, 0) is 4.79 Å². The van der Waals surface area contributed by atoms with Crippen LogP contribution in [0, 0.1) is 10.1 Å². The molecule has 1 aromatic rings. The van der Waals surface area contributed by atoms with Crippen molar-refractivity contribution in [2.45, 2.75) is 6.42 Å². The lowest BCUT2D eigenvalue weighted by Gasteiger charge is -2.07. The van der Waals surface area contributed by atoms with E-state index in [1.165, 1.54) is 24.3 Å². The van der Waals surface area contributed by atoms with Gasteiger partial charge in [0.1, 0.15) is 5.75 Å². The lowest BCUT2D eigenvalue weighted by atomic mass is 10.3. The van der Waals surface area contributed by atoms with E-state index in [-0.39, 0.29) is 18.2 Å². The number of benzene rings is 1. The summed E-state index contributed by atoms with van der Waals surface area (Å²) in [4.78, 5) is 21.3. The van der Waals surface area contributed by atoms with E-state index in [0.717, 1.165) is 13.0 Å². The Hall–Kier alpha value is -2.15. The molecule has 0 unspecified atom stereocenters. The molecule has 0 radical (unpaired) electrons. The van der Waals surface area contributed by atoms with Gasteiger partial charge in [0.05, 0.1) is 4.92 Å². The Kier molecular flexibility index (Phi) is 6.31. The zero-order valence-electron chi connectivity index (χ0n) is 10.7. The van der Waals surface area contributed by atoms with Gasteiger partial charge >= 0.3 is 0 Å². The third kappa shape index (κ3) is 5.82. The van der Waals surface area contributed by atoms with Crippen molar-refractivity contribution in [3.05, 3.63) is 34.4 Å². The third-order valence-electron chi connectivity index (χ3n) is 2.34. The van der Waals surface area contributed by atoms with Gasteiger partial charge < -0.3 is 15.4 Å². The molecule has 0 aromatic heterocycles. The minimum Gasteiger partial charge on any atom is -0.484 e. The van der Waals surface area contributed by atoms with Crippen LogP contribution in [0.5, 0.6) is 5.75 Å². The van der Waals surface area contributed by atoms with Crippen LogP contribution in [0.1, 0.15) is 6.42 Å². The highest BCUT2D eigenvalue weighted by Crippen LogP contribution is 2.16. The normalized spacial score (nSPS) is 9.95. The monoisotopic (exact) mass is 267 g/mol. The predicted octanol–water partition coefficient (Wildman–Crippen LogP) is 0.699. The number of ether oxygens (including phenoxy) is 1. The molecule has 0 spiro atoms. The number of nitrogens with zero attached hydrogens (tertiary/aromatic N) is 1. The molecule has 0 bridgehead atoms. The minimum absolute atomic E-state index is 0.0103. The van der Waals surface area contributed by atoms with Gasteiger partial charge in [-0.2, -0.15) is 0 Å². The van der Waals surface area contributed by atoms with Crippen molar-refractivity contribution in [2.75, 3.05) is 26.7 Å². The molecule has 0 aliphatic carbocycles. The van der Waals surface area contributed by atoms with Crippen LogP contribution in [0.4, 0.5) is 5.69 Å². The number of carbonyl (C=O) groups excluding carboxylic acids is 1. The fourth-order valence-corrected chi connectivity index (χ4v) is 1.36. The Morgan fingerprint density at radius 1 is 1.32 bits per heavy atom. The minimum atomic E-state index is -0.488. The number of nitro benzene ring substituents is 1. The van der Waals surface area contributed by atoms with Gasteiger partial charge in [-0.25, -0.2) is 0 Å². The molecule has 19 heavy (non-hydrogen) atoms. The lowest BCUT2D eigenvalue weighted by Crippen LogP contribution is -2.30. The maximum atomic E-state index is 11.4. The molecule has 0 saturated heterocycles. The standard InChI is InChI=1S/C12H17N3O4/c1-13-7-2-8-14-12(16)9-19-11-5-3-10(4-6-11)15(17)18/h3-6,13H,2,7-9H2,1H3,(H,14,16). The topological polar surface area (TPSA) is 93.5 Å². The first-order chi connectivity index (χ1) is 9.13. The molecule has 1 rings (SSSR count). The van der Waals surface area contributed by atoms with Crippen molar-refractivity contribution in [1.82, 2.24) is 10.6 Å². The van der Waals surface area contributed by atoms with Crippen LogP contribution in [0.15, 0.2) is 24.3 Å². The molecule has 0 atom stereocenters. The zero-order chi connectivity index (χ0) is 14.1. The number of nitrogens with one attached hydrogen (secondary N) is 2. The number of hydrogen-bond acceptors (Lipinski definition) is 5. The van der Waals surface area contributed by atoms with E-state index in [2.05, 4.69) is 10.6 Å². The van der Waals surface area contributed by atoms with E-state index < -0.39 is 4.92 Å². The quantitative estimate of drug-likeness (QED) is 0.411. The predicted molar refractivity (Wildman–Crippen MR) is 70.1 cm³/mol. The van der Waals surface area contributed by atoms with E-state index >= 15 is 0 Å². The average molecular weight is 267 g/mol. The summed E-state index contributed by atoms with van der Waals surface area (Å²) < 4.78 is 5.21. The number of carbonyl (C=O) groups is 1. The van der Waals surface area contributed by atoms with E-state index in [1.54, 1.807) is 0 Å². The van der Waals surface area contributed by atoms with Crippen LogP contribution in [0.2, 0.25) is 0 Å². The van der Waals surface area contributed by atoms with Crippen molar-refractivity contribution in [2.24, 2.45) is 0 Å². The van der Waals surface area contributed by atoms with E-state index in [4.69, 9.17) is 4.74 Å². The molecule has 0 aliphatic heterocycles. The molecule has 2 N–H and O–H groups in total. The molecule has 7 nitrogen and oxygen atoms in total. The molecule has 1 aromatic carbocycles. The highest BCUT2D eigenvalue weighted by Gasteiger charge is 2.06. The van der Waals surface area contributed by atoms with Crippen LogP contribution in [-0.4, -0.2) is 37.6 Å². The maximum Gasteiger partial charge on any atom is 0.269 e. The van der Waals surface area contributed by atoms with Crippen LogP contribution in [0.3, 0.4) is 0 Å². The largest absolute Gasteiger partial charge is 0.484 e. The summed E-state index contributed by atoms with van der Waals surface area (Å²) in [5, 5.41) is 16.1. The van der Waals surface area contributed by atoms with Crippen LogP contribution < -0.4 is 15.4 Å². The lowest BCUT2D eigenvalue weighted by molar-refractivity contribution is -0.384. The number of hydrogen-bond donors (Lipinski definition) is 2. The average Bonchev–Trinajstić information content (AvgIpc) is 2.42. The maximum absolute atomic E-state index is 11.4. The second-order valence-corrected chi connectivity index (χ2v) is 3.85. The summed E-state index contributed by atoms with van der Waals surface area (Å²) in [6.07, 6.45) is 0.847. The van der Waals surface area contributed by atoms with Gasteiger partial charge in [-0.1, -0.05) is 0 Å². The van der Waals surface area contributed by atoms with Crippen molar-refractivity contribution >= 4 is 11.6 Å². The van der Waals surface area contributed by atoms with E-state index in [1.807, 2.05) is 7.05 Å². The molecule has 0 aliphatic rings.